The third-order valence-corrected chi connectivity index (χ3v) is 6.22. The molecular weight excluding hydrogens is 428 g/mol. The molecule has 2 aromatic carbocycles. The maximum Gasteiger partial charge on any atom is 0.243 e. The number of nitrogens with zero attached hydrogens (tertiary/aromatic N) is 1. The third kappa shape index (κ3) is 5.85. The number of sulfonamides is 1. The van der Waals surface area contributed by atoms with Gasteiger partial charge in [-0.15, -0.1) is 0 Å². The fourth-order valence-electron chi connectivity index (χ4n) is 2.75. The average Bonchev–Trinajstić information content (AvgIpc) is 3.20. The summed E-state index contributed by atoms with van der Waals surface area (Å²) >= 11 is 5.95. The van der Waals surface area contributed by atoms with E-state index in [0.29, 0.717) is 22.2 Å². The van der Waals surface area contributed by atoms with Gasteiger partial charge in [0.2, 0.25) is 15.9 Å². The fourth-order valence-corrected chi connectivity index (χ4v) is 4.32. The summed E-state index contributed by atoms with van der Waals surface area (Å²) < 4.78 is 38.7. The first-order valence-electron chi connectivity index (χ1n) is 9.13. The highest BCUT2D eigenvalue weighted by molar-refractivity contribution is 7.89. The zero-order valence-electron chi connectivity index (χ0n) is 16.2. The van der Waals surface area contributed by atoms with Gasteiger partial charge in [-0.3, -0.25) is 4.79 Å². The Bertz CT molecular complexity index is 1080. The van der Waals surface area contributed by atoms with E-state index in [2.05, 4.69) is 5.32 Å². The molecular formula is C21H21ClN2O5S. The minimum absolute atomic E-state index is 0.0572. The second-order valence-corrected chi connectivity index (χ2v) is 8.80. The summed E-state index contributed by atoms with van der Waals surface area (Å²) in [6.07, 6.45) is 1.49. The molecule has 158 valence electrons. The first kappa shape index (κ1) is 21.9. The molecule has 0 fully saturated rings. The second-order valence-electron chi connectivity index (χ2n) is 6.43. The van der Waals surface area contributed by atoms with Crippen LogP contribution in [0.1, 0.15) is 12.7 Å². The van der Waals surface area contributed by atoms with Crippen LogP contribution >= 0.6 is 11.6 Å². The Labute approximate surface area is 180 Å². The molecule has 0 atom stereocenters. The Morgan fingerprint density at radius 3 is 2.53 bits per heavy atom. The van der Waals surface area contributed by atoms with Gasteiger partial charge >= 0.3 is 0 Å². The highest BCUT2D eigenvalue weighted by atomic mass is 35.5. The highest BCUT2D eigenvalue weighted by Crippen LogP contribution is 2.22. The number of carbonyl (C=O) groups excluding carboxylic acids is 1. The summed E-state index contributed by atoms with van der Waals surface area (Å²) in [7, 11) is -3.83. The molecule has 7 nitrogen and oxygen atoms in total. The number of hydrogen-bond acceptors (Lipinski definition) is 5. The van der Waals surface area contributed by atoms with E-state index < -0.39 is 10.0 Å². The van der Waals surface area contributed by atoms with Crippen LogP contribution in [0.25, 0.3) is 0 Å². The van der Waals surface area contributed by atoms with Crippen molar-refractivity contribution in [3.05, 3.63) is 77.7 Å². The molecule has 0 spiro atoms. The monoisotopic (exact) mass is 448 g/mol. The van der Waals surface area contributed by atoms with Gasteiger partial charge in [-0.2, -0.15) is 4.31 Å². The number of nitrogens with one attached hydrogen (secondary N) is 1. The molecule has 0 saturated carbocycles. The van der Waals surface area contributed by atoms with Crippen LogP contribution in [-0.2, 0) is 21.4 Å². The molecule has 1 aromatic heterocycles. The number of anilines is 1. The van der Waals surface area contributed by atoms with Crippen molar-refractivity contribution in [2.24, 2.45) is 0 Å². The number of furan rings is 1. The van der Waals surface area contributed by atoms with E-state index in [1.807, 2.05) is 0 Å². The third-order valence-electron chi connectivity index (χ3n) is 4.13. The molecule has 0 aliphatic carbocycles. The molecule has 0 unspecified atom stereocenters. The zero-order chi connectivity index (χ0) is 21.6. The summed E-state index contributed by atoms with van der Waals surface area (Å²) in [5.41, 5.74) is 0.517. The lowest BCUT2D eigenvalue weighted by Gasteiger charge is -2.21. The quantitative estimate of drug-likeness (QED) is 0.531. The molecule has 0 radical (unpaired) electrons. The van der Waals surface area contributed by atoms with Crippen molar-refractivity contribution in [2.45, 2.75) is 18.4 Å². The summed E-state index contributed by atoms with van der Waals surface area (Å²) in [5, 5.41) is 3.15. The first-order chi connectivity index (χ1) is 14.3. The van der Waals surface area contributed by atoms with Crippen LogP contribution in [0.4, 0.5) is 5.69 Å². The standard InChI is InChI=1S/C21H21ClN2O5S/c1-16(25)23-18-7-9-21(10-8-18)30(26,27)24(15-20-6-3-12-28-20)11-13-29-19-5-2-4-17(22)14-19/h2-10,12,14H,11,13,15H2,1H3,(H,23,25). The van der Waals surface area contributed by atoms with Crippen LogP contribution < -0.4 is 10.1 Å². The topological polar surface area (TPSA) is 88.9 Å². The number of amides is 1. The SMILES string of the molecule is CC(=O)Nc1ccc(S(=O)(=O)N(CCOc2cccc(Cl)c2)Cc2ccco2)cc1. The van der Waals surface area contributed by atoms with Crippen LogP contribution in [0, 0.1) is 0 Å². The molecule has 1 N–H and O–H groups in total. The van der Waals surface area contributed by atoms with Gasteiger partial charge in [-0.25, -0.2) is 8.42 Å². The predicted molar refractivity (Wildman–Crippen MR) is 114 cm³/mol. The largest absolute Gasteiger partial charge is 0.492 e. The van der Waals surface area contributed by atoms with Crippen molar-refractivity contribution in [2.75, 3.05) is 18.5 Å². The van der Waals surface area contributed by atoms with Gasteiger partial charge in [-0.1, -0.05) is 17.7 Å². The zero-order valence-corrected chi connectivity index (χ0v) is 17.8. The number of rotatable bonds is 9. The minimum Gasteiger partial charge on any atom is -0.492 e. The summed E-state index contributed by atoms with van der Waals surface area (Å²) in [5.74, 6) is 0.830. The van der Waals surface area contributed by atoms with Crippen LogP contribution in [0.15, 0.2) is 76.2 Å². The minimum atomic E-state index is -3.83. The predicted octanol–water partition coefficient (Wildman–Crippen LogP) is 4.16. The first-order valence-corrected chi connectivity index (χ1v) is 10.9. The van der Waals surface area contributed by atoms with Crippen molar-refractivity contribution in [1.29, 1.82) is 0 Å². The number of benzene rings is 2. The maximum absolute atomic E-state index is 13.2. The fraction of sp³-hybridized carbons (Fsp3) is 0.190. The summed E-state index contributed by atoms with van der Waals surface area (Å²) in [6.45, 7) is 1.67. The number of carbonyl (C=O) groups is 1. The van der Waals surface area contributed by atoms with Crippen LogP contribution in [0.2, 0.25) is 5.02 Å². The van der Waals surface area contributed by atoms with Crippen molar-refractivity contribution in [3.63, 3.8) is 0 Å². The molecule has 30 heavy (non-hydrogen) atoms. The van der Waals surface area contributed by atoms with Gasteiger partial charge < -0.3 is 14.5 Å². The Morgan fingerprint density at radius 1 is 1.13 bits per heavy atom. The van der Waals surface area contributed by atoms with E-state index in [-0.39, 0.29) is 30.5 Å². The molecule has 0 bridgehead atoms. The van der Waals surface area contributed by atoms with Crippen molar-refractivity contribution in [1.82, 2.24) is 4.31 Å². The number of ether oxygens (including phenoxy) is 1. The van der Waals surface area contributed by atoms with Gasteiger partial charge in [0.25, 0.3) is 0 Å². The van der Waals surface area contributed by atoms with Gasteiger partial charge in [0, 0.05) is 24.2 Å². The lowest BCUT2D eigenvalue weighted by Crippen LogP contribution is -2.34. The van der Waals surface area contributed by atoms with Crippen LogP contribution in [-0.4, -0.2) is 31.8 Å². The molecule has 0 aliphatic heterocycles. The lowest BCUT2D eigenvalue weighted by molar-refractivity contribution is -0.114. The molecule has 3 rings (SSSR count). The van der Waals surface area contributed by atoms with Crippen LogP contribution in [0.3, 0.4) is 0 Å². The Hall–Kier alpha value is -2.81. The molecule has 0 aliphatic rings. The van der Waals surface area contributed by atoms with E-state index in [9.17, 15) is 13.2 Å². The average molecular weight is 449 g/mol. The Morgan fingerprint density at radius 2 is 1.90 bits per heavy atom. The molecule has 0 saturated heterocycles. The highest BCUT2D eigenvalue weighted by Gasteiger charge is 2.25. The number of hydrogen-bond donors (Lipinski definition) is 1. The van der Waals surface area contributed by atoms with E-state index in [0.717, 1.165) is 0 Å². The van der Waals surface area contributed by atoms with E-state index in [4.69, 9.17) is 20.8 Å². The summed E-state index contributed by atoms with van der Waals surface area (Å²) in [4.78, 5) is 11.3. The van der Waals surface area contributed by atoms with Crippen molar-refractivity contribution in [3.8, 4) is 5.75 Å². The maximum atomic E-state index is 13.2. The van der Waals surface area contributed by atoms with Gasteiger partial charge in [0.1, 0.15) is 18.1 Å². The van der Waals surface area contributed by atoms with Gasteiger partial charge in [0.05, 0.1) is 17.7 Å². The second kappa shape index (κ2) is 9.80. The van der Waals surface area contributed by atoms with Crippen LogP contribution in [0.5, 0.6) is 5.75 Å². The van der Waals surface area contributed by atoms with Gasteiger partial charge in [-0.05, 0) is 54.6 Å². The molecule has 9 heteroatoms. The van der Waals surface area contributed by atoms with E-state index in [1.54, 1.807) is 48.5 Å². The lowest BCUT2D eigenvalue weighted by atomic mass is 10.3. The Balaban J connectivity index is 1.76. The van der Waals surface area contributed by atoms with Crippen molar-refractivity contribution < 1.29 is 22.4 Å². The van der Waals surface area contributed by atoms with Gasteiger partial charge in [0.15, 0.2) is 0 Å². The smallest absolute Gasteiger partial charge is 0.243 e. The summed E-state index contributed by atoms with van der Waals surface area (Å²) in [6, 6.07) is 16.3. The molecule has 1 amide bonds. The number of halogens is 1. The van der Waals surface area contributed by atoms with Crippen molar-refractivity contribution >= 4 is 33.2 Å². The molecule has 1 heterocycles. The van der Waals surface area contributed by atoms with E-state index in [1.165, 1.54) is 29.6 Å². The van der Waals surface area contributed by atoms with E-state index >= 15 is 0 Å². The Kier molecular flexibility index (Phi) is 7.15. The molecule has 3 aromatic rings. The normalized spacial score (nSPS) is 11.4.